The maximum Gasteiger partial charge on any atom is 0.152 e. The molecule has 0 aliphatic carbocycles. The minimum absolute atomic E-state index is 0.222. The molecule has 6 heteroatoms. The Balaban J connectivity index is 2.29. The molecule has 2 rings (SSSR count). The van der Waals surface area contributed by atoms with E-state index in [0.717, 1.165) is 17.3 Å². The molecule has 19 heavy (non-hydrogen) atoms. The van der Waals surface area contributed by atoms with Crippen molar-refractivity contribution in [3.63, 3.8) is 0 Å². The maximum atomic E-state index is 11.4. The zero-order chi connectivity index (χ0) is 14.2. The molecule has 0 radical (unpaired) electrons. The number of benzene rings is 1. The van der Waals surface area contributed by atoms with Crippen molar-refractivity contribution in [1.29, 1.82) is 0 Å². The Kier molecular flexibility index (Phi) is 3.64. The van der Waals surface area contributed by atoms with Crippen LogP contribution < -0.4 is 0 Å². The van der Waals surface area contributed by atoms with Gasteiger partial charge in [-0.25, -0.2) is 13.4 Å². The van der Waals surface area contributed by atoms with Crippen LogP contribution in [0.25, 0.3) is 11.0 Å². The Morgan fingerprint density at radius 3 is 2.58 bits per heavy atom. The van der Waals surface area contributed by atoms with Gasteiger partial charge in [0.25, 0.3) is 0 Å². The molecule has 2 unspecified atom stereocenters. The number of aliphatic hydroxyl groups excluding tert-OH is 1. The first-order valence-corrected chi connectivity index (χ1v) is 8.03. The van der Waals surface area contributed by atoms with Crippen molar-refractivity contribution in [1.82, 2.24) is 9.55 Å². The van der Waals surface area contributed by atoms with Crippen molar-refractivity contribution in [2.45, 2.75) is 24.7 Å². The Bertz CT molecular complexity index is 691. The van der Waals surface area contributed by atoms with Gasteiger partial charge in [0, 0.05) is 19.7 Å². The van der Waals surface area contributed by atoms with Crippen molar-refractivity contribution in [2.75, 3.05) is 6.26 Å². The lowest BCUT2D eigenvalue weighted by atomic mass is 10.2. The van der Waals surface area contributed by atoms with Gasteiger partial charge in [-0.1, -0.05) is 12.1 Å². The van der Waals surface area contributed by atoms with E-state index in [9.17, 15) is 13.5 Å². The Labute approximate surface area is 112 Å². The molecule has 0 saturated carbocycles. The van der Waals surface area contributed by atoms with Crippen molar-refractivity contribution in [2.24, 2.45) is 7.05 Å². The number of nitrogens with zero attached hydrogens (tertiary/aromatic N) is 2. The normalized spacial score (nSPS) is 15.6. The van der Waals surface area contributed by atoms with Crippen LogP contribution in [-0.2, 0) is 23.3 Å². The number of imidazole rings is 1. The highest BCUT2D eigenvalue weighted by Gasteiger charge is 2.25. The highest BCUT2D eigenvalue weighted by Crippen LogP contribution is 2.17. The average molecular weight is 282 g/mol. The number of fused-ring (bicyclic) bond motifs is 1. The first-order valence-electron chi connectivity index (χ1n) is 6.08. The van der Waals surface area contributed by atoms with E-state index in [-0.39, 0.29) is 6.42 Å². The molecule has 0 spiro atoms. The standard InChI is InChI=1S/C13H18N2O3S/c1-9(19(3,17)18)12(16)8-13-14-10-6-4-5-7-11(10)15(13)2/h4-7,9,12,16H,8H2,1-3H3. The number of rotatable bonds is 4. The van der Waals surface area contributed by atoms with E-state index in [1.165, 1.54) is 6.92 Å². The second kappa shape index (κ2) is 4.94. The summed E-state index contributed by atoms with van der Waals surface area (Å²) in [5, 5.41) is 9.23. The smallest absolute Gasteiger partial charge is 0.152 e. The minimum atomic E-state index is -3.25. The van der Waals surface area contributed by atoms with Crippen LogP contribution in [-0.4, -0.2) is 40.7 Å². The van der Waals surface area contributed by atoms with E-state index >= 15 is 0 Å². The zero-order valence-electron chi connectivity index (χ0n) is 11.2. The Morgan fingerprint density at radius 2 is 2.00 bits per heavy atom. The van der Waals surface area contributed by atoms with Gasteiger partial charge < -0.3 is 9.67 Å². The molecule has 0 aliphatic heterocycles. The summed E-state index contributed by atoms with van der Waals surface area (Å²) in [5.74, 6) is 0.684. The minimum Gasteiger partial charge on any atom is -0.391 e. The molecular formula is C13H18N2O3S. The van der Waals surface area contributed by atoms with E-state index in [0.29, 0.717) is 5.82 Å². The van der Waals surface area contributed by atoms with Crippen LogP contribution in [0.1, 0.15) is 12.7 Å². The van der Waals surface area contributed by atoms with Crippen LogP contribution in [0.5, 0.6) is 0 Å². The summed E-state index contributed by atoms with van der Waals surface area (Å²) < 4.78 is 24.7. The topological polar surface area (TPSA) is 72.2 Å². The maximum absolute atomic E-state index is 11.4. The summed E-state index contributed by atoms with van der Waals surface area (Å²) in [4.78, 5) is 4.42. The molecule has 0 fully saturated rings. The second-order valence-corrected chi connectivity index (χ2v) is 7.28. The van der Waals surface area contributed by atoms with Crippen LogP contribution in [0.15, 0.2) is 24.3 Å². The van der Waals surface area contributed by atoms with Crippen LogP contribution in [0.4, 0.5) is 0 Å². The fourth-order valence-corrected chi connectivity index (χ4v) is 2.68. The van der Waals surface area contributed by atoms with E-state index in [1.54, 1.807) is 0 Å². The summed E-state index contributed by atoms with van der Waals surface area (Å²) >= 11 is 0. The molecule has 104 valence electrons. The number of aliphatic hydroxyl groups is 1. The van der Waals surface area contributed by atoms with Crippen LogP contribution in [0.3, 0.4) is 0 Å². The van der Waals surface area contributed by atoms with Crippen LogP contribution in [0, 0.1) is 0 Å². The summed E-state index contributed by atoms with van der Waals surface area (Å²) in [7, 11) is -1.39. The van der Waals surface area contributed by atoms with Crippen molar-refractivity contribution in [3.8, 4) is 0 Å². The fourth-order valence-electron chi connectivity index (χ4n) is 2.02. The summed E-state index contributed by atoms with van der Waals surface area (Å²) in [6.07, 6.45) is 0.403. The average Bonchev–Trinajstić information content (AvgIpc) is 2.65. The van der Waals surface area contributed by atoms with Gasteiger partial charge in [-0.15, -0.1) is 0 Å². The third kappa shape index (κ3) is 2.79. The number of para-hydroxylation sites is 2. The fraction of sp³-hybridized carbons (Fsp3) is 0.462. The summed E-state index contributed by atoms with van der Waals surface area (Å²) in [6.45, 7) is 1.52. The van der Waals surface area contributed by atoms with E-state index in [2.05, 4.69) is 4.98 Å². The van der Waals surface area contributed by atoms with Gasteiger partial charge in [0.1, 0.15) is 5.82 Å². The predicted octanol–water partition coefficient (Wildman–Crippen LogP) is 0.910. The van der Waals surface area contributed by atoms with Gasteiger partial charge in [-0.2, -0.15) is 0 Å². The van der Waals surface area contributed by atoms with E-state index in [4.69, 9.17) is 0 Å². The second-order valence-electron chi connectivity index (χ2n) is 4.88. The Hall–Kier alpha value is -1.40. The third-order valence-electron chi connectivity index (χ3n) is 3.49. The molecule has 0 saturated heterocycles. The monoisotopic (exact) mass is 282 g/mol. The molecule has 1 aromatic heterocycles. The molecule has 0 bridgehead atoms. The first kappa shape index (κ1) is 14.0. The number of hydrogen-bond donors (Lipinski definition) is 1. The lowest BCUT2D eigenvalue weighted by molar-refractivity contribution is 0.170. The molecule has 1 heterocycles. The van der Waals surface area contributed by atoms with Gasteiger partial charge in [0.2, 0.25) is 0 Å². The molecule has 5 nitrogen and oxygen atoms in total. The molecule has 0 amide bonds. The van der Waals surface area contributed by atoms with Gasteiger partial charge in [0.05, 0.1) is 22.4 Å². The molecule has 1 aromatic carbocycles. The third-order valence-corrected chi connectivity index (χ3v) is 5.15. The molecule has 1 N–H and O–H groups in total. The number of aromatic nitrogens is 2. The van der Waals surface area contributed by atoms with Crippen LogP contribution >= 0.6 is 0 Å². The van der Waals surface area contributed by atoms with E-state index in [1.807, 2.05) is 35.9 Å². The van der Waals surface area contributed by atoms with Gasteiger partial charge in [0.15, 0.2) is 9.84 Å². The molecular weight excluding hydrogens is 264 g/mol. The SMILES string of the molecule is CC(C(O)Cc1nc2ccccc2n1C)S(C)(=O)=O. The van der Waals surface area contributed by atoms with Crippen molar-refractivity contribution < 1.29 is 13.5 Å². The number of sulfone groups is 1. The quantitative estimate of drug-likeness (QED) is 0.904. The van der Waals surface area contributed by atoms with Crippen molar-refractivity contribution >= 4 is 20.9 Å². The highest BCUT2D eigenvalue weighted by molar-refractivity contribution is 7.91. The molecule has 2 atom stereocenters. The summed E-state index contributed by atoms with van der Waals surface area (Å²) in [6, 6.07) is 7.65. The van der Waals surface area contributed by atoms with Gasteiger partial charge in [-0.3, -0.25) is 0 Å². The first-order chi connectivity index (χ1) is 8.80. The lowest BCUT2D eigenvalue weighted by Crippen LogP contribution is -2.33. The highest BCUT2D eigenvalue weighted by atomic mass is 32.2. The van der Waals surface area contributed by atoms with E-state index < -0.39 is 21.2 Å². The van der Waals surface area contributed by atoms with Gasteiger partial charge in [-0.05, 0) is 19.1 Å². The largest absolute Gasteiger partial charge is 0.391 e. The number of hydrogen-bond acceptors (Lipinski definition) is 4. The number of aryl methyl sites for hydroxylation is 1. The lowest BCUT2D eigenvalue weighted by Gasteiger charge is -2.16. The summed E-state index contributed by atoms with van der Waals surface area (Å²) in [5.41, 5.74) is 1.82. The molecule has 2 aromatic rings. The van der Waals surface area contributed by atoms with Crippen molar-refractivity contribution in [3.05, 3.63) is 30.1 Å². The van der Waals surface area contributed by atoms with Gasteiger partial charge >= 0.3 is 0 Å². The predicted molar refractivity (Wildman–Crippen MR) is 74.7 cm³/mol. The Morgan fingerprint density at radius 1 is 1.37 bits per heavy atom. The van der Waals surface area contributed by atoms with Crippen LogP contribution in [0.2, 0.25) is 0 Å². The molecule has 0 aliphatic rings. The zero-order valence-corrected chi connectivity index (χ0v) is 12.1.